The summed E-state index contributed by atoms with van der Waals surface area (Å²) >= 11 is 0. The van der Waals surface area contributed by atoms with Crippen LogP contribution in [0.2, 0.25) is 0 Å². The van der Waals surface area contributed by atoms with Crippen molar-refractivity contribution in [3.05, 3.63) is 162 Å². The van der Waals surface area contributed by atoms with Crippen molar-refractivity contribution in [2.45, 2.75) is 121 Å². The van der Waals surface area contributed by atoms with Crippen molar-refractivity contribution in [2.75, 3.05) is 4.90 Å². The van der Waals surface area contributed by atoms with E-state index in [1.54, 1.807) is 11.1 Å². The maximum Gasteiger partial charge on any atom is 0.337 e. The van der Waals surface area contributed by atoms with E-state index in [0.29, 0.717) is 0 Å². The van der Waals surface area contributed by atoms with E-state index in [0.717, 1.165) is 46.7 Å². The molecule has 7 aliphatic rings. The van der Waals surface area contributed by atoms with E-state index < -0.39 is 0 Å². The first-order valence-corrected chi connectivity index (χ1v) is 28.8. The quantitative estimate of drug-likeness (QED) is 0.160. The number of rotatable bonds is 5. The van der Waals surface area contributed by atoms with Crippen molar-refractivity contribution in [1.29, 1.82) is 0 Å². The fourth-order valence-corrected chi connectivity index (χ4v) is 18.1. The smallest absolute Gasteiger partial charge is 0.337 e. The lowest BCUT2D eigenvalue weighted by atomic mass is 9.45. The highest BCUT2D eigenvalue weighted by Gasteiger charge is 2.54. The number of aromatic nitrogens is 1. The predicted octanol–water partition coefficient (Wildman–Crippen LogP) is 17.6. The zero-order chi connectivity index (χ0) is 49.0. The molecule has 0 radical (unpaired) electrons. The normalized spacial score (nSPS) is 26.3. The molecule has 0 amide bonds. The average molecular weight is 961 g/mol. The Labute approximate surface area is 436 Å². The van der Waals surface area contributed by atoms with E-state index in [9.17, 15) is 0 Å². The molecule has 0 spiro atoms. The van der Waals surface area contributed by atoms with Crippen molar-refractivity contribution in [3.8, 4) is 22.3 Å². The van der Waals surface area contributed by atoms with Crippen LogP contribution in [0.1, 0.15) is 121 Å². The first-order chi connectivity index (χ1) is 36.1. The molecular weight excluding hydrogens is 896 g/mol. The molecule has 6 unspecified atom stereocenters. The summed E-state index contributed by atoms with van der Waals surface area (Å²) in [6, 6.07) is 57.4. The van der Waals surface area contributed by atoms with Gasteiger partial charge in [-0.1, -0.05) is 132 Å². The highest BCUT2D eigenvalue weighted by atomic mass is 16.4. The van der Waals surface area contributed by atoms with Crippen LogP contribution in [0.3, 0.4) is 0 Å². The molecule has 17 rings (SSSR count). The van der Waals surface area contributed by atoms with Gasteiger partial charge >= 0.3 is 6.85 Å². The van der Waals surface area contributed by atoms with E-state index >= 15 is 0 Å². The monoisotopic (exact) mass is 961 g/mol. The lowest BCUT2D eigenvalue weighted by molar-refractivity contribution is 0.139. The Morgan fingerprint density at radius 1 is 0.581 bits per heavy atom. The van der Waals surface area contributed by atoms with E-state index in [-0.39, 0.29) is 23.1 Å². The SMILES string of the molecule is CCC1(c2ccc3c(c2)c2cc(C45CCC6CC(CC6C4)C5)cc4c2n3B2c3c-4cc4ccccc4c3N(c3ccc(C(C)(C)C)cc3-c3ccccc3)c3oc4cc5ccccc5cc4c32)CC2CCC(C2)C1. The molecule has 2 aromatic heterocycles. The van der Waals surface area contributed by atoms with Crippen LogP contribution in [0, 0.1) is 29.6 Å². The summed E-state index contributed by atoms with van der Waals surface area (Å²) in [4.78, 5) is 2.59. The van der Waals surface area contributed by atoms with Crippen LogP contribution < -0.4 is 15.8 Å². The minimum Gasteiger partial charge on any atom is -0.440 e. The van der Waals surface area contributed by atoms with Crippen LogP contribution >= 0.6 is 0 Å². The molecule has 74 heavy (non-hydrogen) atoms. The molecule has 4 heterocycles. The first kappa shape index (κ1) is 42.8. The Morgan fingerprint density at radius 2 is 1.34 bits per heavy atom. The van der Waals surface area contributed by atoms with Crippen LogP contribution in [-0.2, 0) is 16.2 Å². The van der Waals surface area contributed by atoms with Crippen molar-refractivity contribution in [1.82, 2.24) is 4.48 Å². The second kappa shape index (κ2) is 14.9. The third kappa shape index (κ3) is 5.76. The maximum absolute atomic E-state index is 7.65. The van der Waals surface area contributed by atoms with E-state index in [4.69, 9.17) is 4.42 Å². The summed E-state index contributed by atoms with van der Waals surface area (Å²) in [6.45, 7) is 9.40. The fourth-order valence-electron chi connectivity index (χ4n) is 18.1. The van der Waals surface area contributed by atoms with Gasteiger partial charge in [-0.05, 0) is 214 Å². The summed E-state index contributed by atoms with van der Waals surface area (Å²) in [5, 5.41) is 9.12. The van der Waals surface area contributed by atoms with Gasteiger partial charge < -0.3 is 8.90 Å². The minimum atomic E-state index is -0.124. The van der Waals surface area contributed by atoms with E-state index in [2.05, 4.69) is 183 Å². The van der Waals surface area contributed by atoms with Gasteiger partial charge in [-0.15, -0.1) is 0 Å². The zero-order valence-corrected chi connectivity index (χ0v) is 43.6. The number of hydrogen-bond donors (Lipinski definition) is 0. The topological polar surface area (TPSA) is 21.3 Å². The van der Waals surface area contributed by atoms with Crippen molar-refractivity contribution in [3.63, 3.8) is 0 Å². The molecule has 5 aliphatic carbocycles. The zero-order valence-electron chi connectivity index (χ0n) is 43.6. The summed E-state index contributed by atoms with van der Waals surface area (Å²) < 4.78 is 10.5. The van der Waals surface area contributed by atoms with Gasteiger partial charge in [-0.2, -0.15) is 0 Å². The molecule has 10 aromatic rings. The molecule has 0 saturated heterocycles. The maximum atomic E-state index is 7.65. The van der Waals surface area contributed by atoms with Gasteiger partial charge in [0.2, 0.25) is 5.88 Å². The molecule has 4 heteroatoms. The third-order valence-electron chi connectivity index (χ3n) is 21.4. The molecule has 6 atom stereocenters. The van der Waals surface area contributed by atoms with Crippen LogP contribution in [-0.4, -0.2) is 11.3 Å². The van der Waals surface area contributed by atoms with Gasteiger partial charge in [-0.25, -0.2) is 0 Å². The number of hydrogen-bond acceptors (Lipinski definition) is 2. The summed E-state index contributed by atoms with van der Waals surface area (Å²) in [5.41, 5.74) is 19.0. The van der Waals surface area contributed by atoms with Gasteiger partial charge in [0.05, 0.1) is 11.4 Å². The number of anilines is 3. The largest absolute Gasteiger partial charge is 0.440 e. The predicted molar refractivity (Wildman–Crippen MR) is 311 cm³/mol. The molecule has 364 valence electrons. The molecule has 3 nitrogen and oxygen atoms in total. The van der Waals surface area contributed by atoms with Gasteiger partial charge in [0.15, 0.2) is 0 Å². The van der Waals surface area contributed by atoms with Crippen molar-refractivity contribution < 1.29 is 4.42 Å². The third-order valence-corrected chi connectivity index (χ3v) is 21.4. The first-order valence-electron chi connectivity index (χ1n) is 28.8. The lowest BCUT2D eigenvalue weighted by Gasteiger charge is -2.46. The van der Waals surface area contributed by atoms with E-state index in [1.807, 2.05) is 0 Å². The molecule has 2 aliphatic heterocycles. The summed E-state index contributed by atoms with van der Waals surface area (Å²) in [6.07, 6.45) is 16.5. The Hall–Kier alpha value is -6.52. The van der Waals surface area contributed by atoms with Crippen molar-refractivity contribution >= 4 is 89.4 Å². The van der Waals surface area contributed by atoms with Crippen LogP contribution in [0.25, 0.3) is 76.6 Å². The number of fused-ring (bicyclic) bond motifs is 16. The number of furan rings is 1. The second-order valence-electron chi connectivity index (χ2n) is 26.2. The Balaban J connectivity index is 1.02. The summed E-state index contributed by atoms with van der Waals surface area (Å²) in [5.74, 6) is 5.35. The van der Waals surface area contributed by atoms with Crippen LogP contribution in [0.15, 0.2) is 150 Å². The standard InChI is InChI=1S/C70H65BN2O/c1-5-69(37-41-19-20-42(27-41)38-69)51-22-24-61-55(34-51)57-35-52(70-26-25-47-28-43(39-70)29-49(47)40-70)36-58-56-31-48-17-11-12-18-53(48)66-63(56)71(73(61)65(57)58)64-59-30-45-15-9-10-16-46(45)32-62(59)74-67(64)72(66)60-23-21-50(68(2,3)4)33-54(60)44-13-7-6-8-14-44/h6-18,21-24,30-36,41-43,47,49H,5,19-20,25-29,37-40H2,1-4H3. The molecule has 5 bridgehead atoms. The highest BCUT2D eigenvalue weighted by molar-refractivity contribution is 6.92. The molecule has 0 N–H and O–H groups in total. The number of benzene rings is 8. The molecule has 5 fully saturated rings. The average Bonchev–Trinajstić information content (AvgIpc) is 4.14. The molecular formula is C70H65BN2O. The van der Waals surface area contributed by atoms with Crippen LogP contribution in [0.4, 0.5) is 17.3 Å². The number of nitrogens with zero attached hydrogens (tertiary/aromatic N) is 2. The van der Waals surface area contributed by atoms with Gasteiger partial charge in [-0.3, -0.25) is 4.90 Å². The Morgan fingerprint density at radius 3 is 2.15 bits per heavy atom. The molecule has 5 saturated carbocycles. The van der Waals surface area contributed by atoms with Crippen LogP contribution in [0.5, 0.6) is 0 Å². The Kier molecular flexibility index (Phi) is 8.60. The highest BCUT2D eigenvalue weighted by Crippen LogP contribution is 2.63. The lowest BCUT2D eigenvalue weighted by Crippen LogP contribution is -2.56. The van der Waals surface area contributed by atoms with Gasteiger partial charge in [0.1, 0.15) is 5.58 Å². The fraction of sp³-hybridized carbons (Fsp3) is 0.343. The summed E-state index contributed by atoms with van der Waals surface area (Å²) in [7, 11) is 0. The minimum absolute atomic E-state index is 0.0373. The second-order valence-corrected chi connectivity index (χ2v) is 26.2. The Bertz CT molecular complexity index is 4040. The van der Waals surface area contributed by atoms with Gasteiger partial charge in [0.25, 0.3) is 0 Å². The van der Waals surface area contributed by atoms with E-state index in [1.165, 1.54) is 170 Å². The van der Waals surface area contributed by atoms with Gasteiger partial charge in [0, 0.05) is 49.2 Å². The molecule has 8 aromatic carbocycles. The van der Waals surface area contributed by atoms with Crippen molar-refractivity contribution in [2.24, 2.45) is 29.6 Å².